The number of pyridine rings is 1. The number of nitrogens with zero attached hydrogens (tertiary/aromatic N) is 2. The third-order valence-electron chi connectivity index (χ3n) is 2.74. The zero-order valence-electron chi connectivity index (χ0n) is 9.42. The van der Waals surface area contributed by atoms with Gasteiger partial charge in [0.05, 0.1) is 24.9 Å². The average molecular weight is 235 g/mol. The van der Waals surface area contributed by atoms with E-state index in [2.05, 4.69) is 9.72 Å². The molecule has 0 radical (unpaired) electrons. The fourth-order valence-electron chi connectivity index (χ4n) is 1.84. The van der Waals surface area contributed by atoms with E-state index in [9.17, 15) is 9.59 Å². The third kappa shape index (κ3) is 2.20. The molecule has 0 bridgehead atoms. The minimum Gasteiger partial charge on any atom is -0.469 e. The molecule has 0 aliphatic carbocycles. The van der Waals surface area contributed by atoms with Crippen molar-refractivity contribution in [1.29, 1.82) is 0 Å². The van der Waals surface area contributed by atoms with Crippen LogP contribution in [-0.4, -0.2) is 30.5 Å². The number of hydrogen-bond acceptors (Lipinski definition) is 5. The van der Waals surface area contributed by atoms with E-state index >= 15 is 0 Å². The summed E-state index contributed by atoms with van der Waals surface area (Å²) in [4.78, 5) is 28.5. The first-order valence-electron chi connectivity index (χ1n) is 5.21. The predicted molar refractivity (Wildman–Crippen MR) is 61.1 cm³/mol. The maximum atomic E-state index is 11.7. The number of carbonyl (C=O) groups is 2. The van der Waals surface area contributed by atoms with Gasteiger partial charge in [-0.05, 0) is 12.1 Å². The minimum absolute atomic E-state index is 0.105. The van der Waals surface area contributed by atoms with E-state index in [-0.39, 0.29) is 18.3 Å². The summed E-state index contributed by atoms with van der Waals surface area (Å²) in [5, 5.41) is 0. The zero-order valence-corrected chi connectivity index (χ0v) is 9.42. The summed E-state index contributed by atoms with van der Waals surface area (Å²) in [6, 6.07) is 3.33. The molecule has 0 aromatic carbocycles. The molecule has 0 spiro atoms. The highest BCUT2D eigenvalue weighted by molar-refractivity contribution is 5.99. The Morgan fingerprint density at radius 2 is 2.35 bits per heavy atom. The van der Waals surface area contributed by atoms with Crippen molar-refractivity contribution >= 4 is 23.4 Å². The quantitative estimate of drug-likeness (QED) is 0.739. The Balaban J connectivity index is 2.15. The van der Waals surface area contributed by atoms with Gasteiger partial charge in [0.2, 0.25) is 5.91 Å². The molecule has 17 heavy (non-hydrogen) atoms. The molecule has 1 atom stereocenters. The first-order chi connectivity index (χ1) is 8.11. The summed E-state index contributed by atoms with van der Waals surface area (Å²) in [7, 11) is 1.32. The second-order valence-electron chi connectivity index (χ2n) is 3.87. The molecule has 6 heteroatoms. The molecule has 6 nitrogen and oxygen atoms in total. The number of anilines is 2. The van der Waals surface area contributed by atoms with Crippen LogP contribution in [0.5, 0.6) is 0 Å². The number of methoxy groups -OCH3 is 1. The Kier molecular flexibility index (Phi) is 2.95. The van der Waals surface area contributed by atoms with E-state index in [0.717, 1.165) is 0 Å². The molecule has 1 unspecified atom stereocenters. The fourth-order valence-corrected chi connectivity index (χ4v) is 1.84. The number of esters is 1. The monoisotopic (exact) mass is 235 g/mol. The summed E-state index contributed by atoms with van der Waals surface area (Å²) in [5.74, 6) is -0.466. The molecule has 1 saturated heterocycles. The average Bonchev–Trinajstić information content (AvgIpc) is 2.71. The molecule has 1 aliphatic rings. The fraction of sp³-hybridized carbons (Fsp3) is 0.364. The number of amides is 1. The Bertz CT molecular complexity index is 444. The van der Waals surface area contributed by atoms with Gasteiger partial charge in [-0.15, -0.1) is 0 Å². The number of nitrogens with two attached hydrogens (primary N) is 1. The predicted octanol–water partition coefficient (Wildman–Crippen LogP) is 0.190. The molecule has 1 aliphatic heterocycles. The molecule has 1 aromatic rings. The summed E-state index contributed by atoms with van der Waals surface area (Å²) in [6.07, 6.45) is 1.70. The van der Waals surface area contributed by atoms with E-state index in [1.165, 1.54) is 18.2 Å². The number of aromatic nitrogens is 1. The molecule has 2 N–H and O–H groups in total. The minimum atomic E-state index is -0.398. The van der Waals surface area contributed by atoms with E-state index in [4.69, 9.17) is 5.73 Å². The van der Waals surface area contributed by atoms with Crippen LogP contribution in [0.15, 0.2) is 18.3 Å². The molecular weight excluding hydrogens is 222 g/mol. The molecule has 1 fully saturated rings. The van der Waals surface area contributed by atoms with Gasteiger partial charge in [-0.3, -0.25) is 9.59 Å². The number of ether oxygens (including phenoxy) is 1. The highest BCUT2D eigenvalue weighted by Gasteiger charge is 2.35. The zero-order chi connectivity index (χ0) is 12.4. The van der Waals surface area contributed by atoms with Gasteiger partial charge in [-0.25, -0.2) is 4.98 Å². The Morgan fingerprint density at radius 1 is 1.59 bits per heavy atom. The molecular formula is C11H13N3O3. The van der Waals surface area contributed by atoms with Crippen LogP contribution in [0.4, 0.5) is 11.5 Å². The Labute approximate surface area is 98.4 Å². The molecule has 90 valence electrons. The number of rotatable bonds is 2. The smallest absolute Gasteiger partial charge is 0.311 e. The van der Waals surface area contributed by atoms with Crippen LogP contribution in [0.25, 0.3) is 0 Å². The van der Waals surface area contributed by atoms with Gasteiger partial charge in [-0.1, -0.05) is 0 Å². The summed E-state index contributed by atoms with van der Waals surface area (Å²) in [5.41, 5.74) is 6.12. The van der Waals surface area contributed by atoms with Crippen molar-refractivity contribution in [2.45, 2.75) is 6.42 Å². The van der Waals surface area contributed by atoms with Crippen molar-refractivity contribution in [3.05, 3.63) is 18.3 Å². The van der Waals surface area contributed by atoms with Gasteiger partial charge in [0.1, 0.15) is 5.82 Å². The van der Waals surface area contributed by atoms with Gasteiger partial charge < -0.3 is 15.4 Å². The lowest BCUT2D eigenvalue weighted by Gasteiger charge is -2.15. The largest absolute Gasteiger partial charge is 0.469 e. The first kappa shape index (κ1) is 11.4. The number of carbonyl (C=O) groups excluding carboxylic acids is 2. The number of hydrogen-bond donors (Lipinski definition) is 1. The first-order valence-corrected chi connectivity index (χ1v) is 5.21. The van der Waals surface area contributed by atoms with Crippen LogP contribution in [0, 0.1) is 5.92 Å². The molecule has 2 rings (SSSR count). The van der Waals surface area contributed by atoms with Crippen LogP contribution in [0.3, 0.4) is 0 Å². The van der Waals surface area contributed by atoms with E-state index in [0.29, 0.717) is 18.1 Å². The molecule has 2 heterocycles. The lowest BCUT2D eigenvalue weighted by molar-refractivity contribution is -0.145. The van der Waals surface area contributed by atoms with Gasteiger partial charge >= 0.3 is 5.97 Å². The van der Waals surface area contributed by atoms with Crippen molar-refractivity contribution in [2.24, 2.45) is 5.92 Å². The molecule has 1 amide bonds. The van der Waals surface area contributed by atoms with Gasteiger partial charge in [0.15, 0.2) is 0 Å². The van der Waals surface area contributed by atoms with Crippen LogP contribution in [0.2, 0.25) is 0 Å². The van der Waals surface area contributed by atoms with Gasteiger partial charge in [0, 0.05) is 13.0 Å². The Morgan fingerprint density at radius 3 is 2.94 bits per heavy atom. The second kappa shape index (κ2) is 4.40. The topological polar surface area (TPSA) is 85.5 Å². The Hall–Kier alpha value is -2.11. The van der Waals surface area contributed by atoms with Crippen molar-refractivity contribution in [3.63, 3.8) is 0 Å². The normalized spacial score (nSPS) is 19.5. The van der Waals surface area contributed by atoms with Crippen LogP contribution in [0.1, 0.15) is 6.42 Å². The lowest BCUT2D eigenvalue weighted by Crippen LogP contribution is -2.26. The van der Waals surface area contributed by atoms with Gasteiger partial charge in [0.25, 0.3) is 0 Å². The highest BCUT2D eigenvalue weighted by atomic mass is 16.5. The summed E-state index contributed by atoms with van der Waals surface area (Å²) >= 11 is 0. The second-order valence-corrected chi connectivity index (χ2v) is 3.87. The van der Waals surface area contributed by atoms with Crippen molar-refractivity contribution in [3.8, 4) is 0 Å². The maximum absolute atomic E-state index is 11.7. The van der Waals surface area contributed by atoms with Crippen molar-refractivity contribution in [1.82, 2.24) is 4.98 Å². The maximum Gasteiger partial charge on any atom is 0.311 e. The van der Waals surface area contributed by atoms with Crippen molar-refractivity contribution < 1.29 is 14.3 Å². The summed E-state index contributed by atoms with van der Waals surface area (Å²) < 4.78 is 4.63. The number of nitrogen functional groups attached to an aromatic ring is 1. The standard InChI is InChI=1S/C11H13N3O3/c1-17-11(16)7-4-10(15)14(6-7)8-2-3-9(12)13-5-8/h2-3,5,7H,4,6H2,1H3,(H2,12,13). The van der Waals surface area contributed by atoms with Crippen LogP contribution >= 0.6 is 0 Å². The summed E-state index contributed by atoms with van der Waals surface area (Å²) in [6.45, 7) is 0.330. The lowest BCUT2D eigenvalue weighted by atomic mass is 10.1. The highest BCUT2D eigenvalue weighted by Crippen LogP contribution is 2.25. The van der Waals surface area contributed by atoms with Crippen LogP contribution < -0.4 is 10.6 Å². The molecule has 1 aromatic heterocycles. The van der Waals surface area contributed by atoms with E-state index in [1.807, 2.05) is 0 Å². The van der Waals surface area contributed by atoms with E-state index < -0.39 is 5.92 Å². The SMILES string of the molecule is COC(=O)C1CC(=O)N(c2ccc(N)nc2)C1. The molecule has 0 saturated carbocycles. The van der Waals surface area contributed by atoms with Gasteiger partial charge in [-0.2, -0.15) is 0 Å². The van der Waals surface area contributed by atoms with Crippen molar-refractivity contribution in [2.75, 3.05) is 24.3 Å². The third-order valence-corrected chi connectivity index (χ3v) is 2.74. The van der Waals surface area contributed by atoms with Crippen LogP contribution in [-0.2, 0) is 14.3 Å². The van der Waals surface area contributed by atoms with E-state index in [1.54, 1.807) is 12.1 Å².